The zero-order chi connectivity index (χ0) is 15.7. The van der Waals surface area contributed by atoms with Crippen LogP contribution in [0.4, 0.5) is 0 Å². The molecule has 1 saturated heterocycles. The molecule has 1 aromatic carbocycles. The Kier molecular flexibility index (Phi) is 3.81. The molecule has 22 heavy (non-hydrogen) atoms. The Morgan fingerprint density at radius 2 is 1.64 bits per heavy atom. The van der Waals surface area contributed by atoms with E-state index in [0.29, 0.717) is 26.2 Å². The number of ether oxygens (including phenoxy) is 1. The Morgan fingerprint density at radius 1 is 1.05 bits per heavy atom. The Morgan fingerprint density at radius 3 is 2.18 bits per heavy atom. The van der Waals surface area contributed by atoms with Gasteiger partial charge in [0.15, 0.2) is 0 Å². The summed E-state index contributed by atoms with van der Waals surface area (Å²) in [4.78, 5) is 28.1. The summed E-state index contributed by atoms with van der Waals surface area (Å²) >= 11 is 0. The fourth-order valence-electron chi connectivity index (χ4n) is 3.29. The monoisotopic (exact) mass is 302 g/mol. The number of hydrogen-bond acceptors (Lipinski definition) is 3. The smallest absolute Gasteiger partial charge is 0.233 e. The lowest BCUT2D eigenvalue weighted by atomic mass is 9.93. The number of methoxy groups -OCH3 is 1. The van der Waals surface area contributed by atoms with Crippen molar-refractivity contribution in [3.05, 3.63) is 29.8 Å². The van der Waals surface area contributed by atoms with E-state index < -0.39 is 5.41 Å². The van der Waals surface area contributed by atoms with E-state index in [-0.39, 0.29) is 11.8 Å². The van der Waals surface area contributed by atoms with Gasteiger partial charge in [0.1, 0.15) is 5.75 Å². The summed E-state index contributed by atoms with van der Waals surface area (Å²) in [6, 6.07) is 7.79. The molecule has 0 atom stereocenters. The van der Waals surface area contributed by atoms with Gasteiger partial charge in [0.2, 0.25) is 11.8 Å². The lowest BCUT2D eigenvalue weighted by Gasteiger charge is -2.36. The first-order valence-electron chi connectivity index (χ1n) is 7.77. The molecule has 5 nitrogen and oxygen atoms in total. The Balaban J connectivity index is 1.76. The highest BCUT2D eigenvalue weighted by Gasteiger charge is 2.54. The number of piperazine rings is 1. The Bertz CT molecular complexity index is 587. The zero-order valence-electron chi connectivity index (χ0n) is 13.2. The number of carbonyl (C=O) groups excluding carboxylic acids is 2. The number of benzene rings is 1. The second kappa shape index (κ2) is 5.63. The molecule has 1 aromatic rings. The maximum absolute atomic E-state index is 13.0. The van der Waals surface area contributed by atoms with Gasteiger partial charge < -0.3 is 14.5 Å². The first-order chi connectivity index (χ1) is 10.6. The molecule has 0 aromatic heterocycles. The van der Waals surface area contributed by atoms with Gasteiger partial charge in [0, 0.05) is 38.7 Å². The first kappa shape index (κ1) is 14.9. The van der Waals surface area contributed by atoms with Crippen LogP contribution in [-0.4, -0.2) is 54.9 Å². The fourth-order valence-corrected chi connectivity index (χ4v) is 3.29. The Hall–Kier alpha value is -2.04. The molecular weight excluding hydrogens is 280 g/mol. The summed E-state index contributed by atoms with van der Waals surface area (Å²) < 4.78 is 5.43. The van der Waals surface area contributed by atoms with Crippen LogP contribution in [0.1, 0.15) is 25.3 Å². The van der Waals surface area contributed by atoms with Gasteiger partial charge in [0.05, 0.1) is 12.5 Å². The molecule has 1 heterocycles. The van der Waals surface area contributed by atoms with Gasteiger partial charge in [-0.25, -0.2) is 0 Å². The molecule has 0 spiro atoms. The summed E-state index contributed by atoms with van der Waals surface area (Å²) in [6.07, 6.45) is 1.75. The first-order valence-corrected chi connectivity index (χ1v) is 7.77. The molecule has 1 saturated carbocycles. The normalized spacial score (nSPS) is 19.7. The molecule has 5 heteroatoms. The van der Waals surface area contributed by atoms with Crippen molar-refractivity contribution in [2.75, 3.05) is 33.3 Å². The van der Waals surface area contributed by atoms with Crippen LogP contribution in [-0.2, 0) is 15.0 Å². The van der Waals surface area contributed by atoms with Crippen LogP contribution in [0.15, 0.2) is 24.3 Å². The average Bonchev–Trinajstić information content (AvgIpc) is 3.36. The minimum atomic E-state index is -0.412. The summed E-state index contributed by atoms with van der Waals surface area (Å²) in [7, 11) is 1.64. The van der Waals surface area contributed by atoms with Crippen LogP contribution in [0.2, 0.25) is 0 Å². The summed E-state index contributed by atoms with van der Waals surface area (Å²) in [5, 5.41) is 0. The van der Waals surface area contributed by atoms with E-state index in [4.69, 9.17) is 4.74 Å². The summed E-state index contributed by atoms with van der Waals surface area (Å²) in [6.45, 7) is 4.07. The number of nitrogens with zero attached hydrogens (tertiary/aromatic N) is 2. The van der Waals surface area contributed by atoms with Crippen molar-refractivity contribution in [3.63, 3.8) is 0 Å². The van der Waals surface area contributed by atoms with Crippen LogP contribution in [0, 0.1) is 0 Å². The van der Waals surface area contributed by atoms with Crippen LogP contribution < -0.4 is 4.74 Å². The predicted molar refractivity (Wildman–Crippen MR) is 82.7 cm³/mol. The van der Waals surface area contributed by atoms with E-state index in [9.17, 15) is 9.59 Å². The molecule has 0 N–H and O–H groups in total. The highest BCUT2D eigenvalue weighted by molar-refractivity contribution is 5.92. The number of para-hydroxylation sites is 1. The second-order valence-electron chi connectivity index (χ2n) is 6.08. The van der Waals surface area contributed by atoms with Gasteiger partial charge in [0.25, 0.3) is 0 Å². The maximum Gasteiger partial charge on any atom is 0.233 e. The SMILES string of the molecule is COc1ccccc1C1(C(=O)N2CCN(C(C)=O)CC2)CC1. The van der Waals surface area contributed by atoms with Crippen molar-refractivity contribution in [2.24, 2.45) is 0 Å². The number of hydrogen-bond donors (Lipinski definition) is 0. The van der Waals surface area contributed by atoms with Crippen molar-refractivity contribution in [3.8, 4) is 5.75 Å². The van der Waals surface area contributed by atoms with Gasteiger partial charge in [-0.3, -0.25) is 9.59 Å². The molecule has 3 rings (SSSR count). The molecule has 2 aliphatic rings. The topological polar surface area (TPSA) is 49.9 Å². The van der Waals surface area contributed by atoms with Gasteiger partial charge in [-0.1, -0.05) is 18.2 Å². The molecule has 0 unspecified atom stereocenters. The molecule has 1 aliphatic heterocycles. The molecule has 2 fully saturated rings. The third kappa shape index (κ3) is 2.45. The molecule has 1 aliphatic carbocycles. The third-order valence-electron chi connectivity index (χ3n) is 4.79. The van der Waals surface area contributed by atoms with Crippen LogP contribution in [0.5, 0.6) is 5.75 Å². The van der Waals surface area contributed by atoms with Crippen molar-refractivity contribution >= 4 is 11.8 Å². The lowest BCUT2D eigenvalue weighted by molar-refractivity contribution is -0.140. The second-order valence-corrected chi connectivity index (χ2v) is 6.08. The van der Waals surface area contributed by atoms with Gasteiger partial charge >= 0.3 is 0 Å². The molecule has 0 bridgehead atoms. The van der Waals surface area contributed by atoms with Gasteiger partial charge in [-0.2, -0.15) is 0 Å². The summed E-state index contributed by atoms with van der Waals surface area (Å²) in [5.41, 5.74) is 0.585. The van der Waals surface area contributed by atoms with Crippen molar-refractivity contribution in [1.82, 2.24) is 9.80 Å². The maximum atomic E-state index is 13.0. The van der Waals surface area contributed by atoms with Crippen molar-refractivity contribution in [2.45, 2.75) is 25.2 Å². The van der Waals surface area contributed by atoms with Crippen molar-refractivity contribution < 1.29 is 14.3 Å². The molecule has 118 valence electrons. The van der Waals surface area contributed by atoms with Crippen LogP contribution >= 0.6 is 0 Å². The molecular formula is C17H22N2O3. The van der Waals surface area contributed by atoms with E-state index in [1.54, 1.807) is 18.9 Å². The minimum Gasteiger partial charge on any atom is -0.496 e. The molecule has 2 amide bonds. The highest BCUT2D eigenvalue weighted by Crippen LogP contribution is 2.52. The van der Waals surface area contributed by atoms with Gasteiger partial charge in [-0.15, -0.1) is 0 Å². The summed E-state index contributed by atoms with van der Waals surface area (Å²) in [5.74, 6) is 1.05. The van der Waals surface area contributed by atoms with Crippen LogP contribution in [0.3, 0.4) is 0 Å². The van der Waals surface area contributed by atoms with E-state index in [1.807, 2.05) is 29.2 Å². The number of carbonyl (C=O) groups is 2. The minimum absolute atomic E-state index is 0.0814. The van der Waals surface area contributed by atoms with Crippen LogP contribution in [0.25, 0.3) is 0 Å². The molecule has 0 radical (unpaired) electrons. The number of rotatable bonds is 3. The van der Waals surface area contributed by atoms with E-state index in [2.05, 4.69) is 0 Å². The largest absolute Gasteiger partial charge is 0.496 e. The zero-order valence-corrected chi connectivity index (χ0v) is 13.2. The van der Waals surface area contributed by atoms with E-state index >= 15 is 0 Å². The van der Waals surface area contributed by atoms with Crippen molar-refractivity contribution in [1.29, 1.82) is 0 Å². The number of amides is 2. The Labute approximate surface area is 130 Å². The van der Waals surface area contributed by atoms with E-state index in [0.717, 1.165) is 24.2 Å². The standard InChI is InChI=1S/C17H22N2O3/c1-13(20)18-9-11-19(12-10-18)16(21)17(7-8-17)14-5-3-4-6-15(14)22-2/h3-6H,7-12H2,1-2H3. The fraction of sp³-hybridized carbons (Fsp3) is 0.529. The quantitative estimate of drug-likeness (QED) is 0.848. The van der Waals surface area contributed by atoms with E-state index in [1.165, 1.54) is 0 Å². The average molecular weight is 302 g/mol. The lowest BCUT2D eigenvalue weighted by Crippen LogP contribution is -2.52. The highest BCUT2D eigenvalue weighted by atomic mass is 16.5. The third-order valence-corrected chi connectivity index (χ3v) is 4.79. The van der Waals surface area contributed by atoms with Gasteiger partial charge in [-0.05, 0) is 18.9 Å². The predicted octanol–water partition coefficient (Wildman–Crippen LogP) is 1.42.